The largest absolute Gasteiger partial charge is 0.426 e. The predicted molar refractivity (Wildman–Crippen MR) is 150 cm³/mol. The summed E-state index contributed by atoms with van der Waals surface area (Å²) in [7, 11) is 0. The summed E-state index contributed by atoms with van der Waals surface area (Å²) in [6.07, 6.45) is 0.971. The Bertz CT molecular complexity index is 1340. The van der Waals surface area contributed by atoms with Crippen LogP contribution < -0.4 is 14.5 Å². The van der Waals surface area contributed by atoms with Crippen LogP contribution in [-0.4, -0.2) is 39.9 Å². The number of alkyl halides is 2. The van der Waals surface area contributed by atoms with Crippen molar-refractivity contribution in [1.82, 2.24) is 0 Å². The molecule has 0 spiro atoms. The van der Waals surface area contributed by atoms with Crippen LogP contribution in [0.2, 0.25) is 0 Å². The highest BCUT2D eigenvalue weighted by Crippen LogP contribution is 2.60. The fourth-order valence-corrected chi connectivity index (χ4v) is 8.82. The number of hydrogen-bond donors (Lipinski definition) is 0. The third-order valence-corrected chi connectivity index (χ3v) is 11.8. The van der Waals surface area contributed by atoms with Gasteiger partial charge in [-0.15, -0.1) is 0 Å². The average Bonchev–Trinajstić information content (AvgIpc) is 3.57. The number of halogens is 2. The maximum Gasteiger partial charge on any atom is 0.316 e. The average molecular weight is 644 g/mol. The van der Waals surface area contributed by atoms with Crippen LogP contribution in [0.5, 0.6) is 5.75 Å². The number of nitrogens with zero attached hydrogens (tertiary/aromatic N) is 2. The van der Waals surface area contributed by atoms with E-state index in [1.165, 1.54) is 4.90 Å². The second-order valence-corrected chi connectivity index (χ2v) is 13.3. The van der Waals surface area contributed by atoms with Crippen molar-refractivity contribution in [1.29, 1.82) is 0 Å². The van der Waals surface area contributed by atoms with E-state index in [1.54, 1.807) is 30.0 Å². The number of fused-ring (bicyclic) bond motifs is 5. The molecule has 3 amide bonds. The summed E-state index contributed by atoms with van der Waals surface area (Å²) in [5.74, 6) is -1.38. The lowest BCUT2D eigenvalue weighted by molar-refractivity contribution is -0.139. The van der Waals surface area contributed by atoms with Crippen molar-refractivity contribution in [2.45, 2.75) is 43.3 Å². The SMILES string of the molecule is Cc1cc(C)cc(N2C[C@H](C(=O)Oc3ccc(N4C(=O)[C@@H]5[C@H]6C[C@@H]([C@H](Br)[C@@H]6Br)[C@@H]5C4=O)c(C)c3)CC2=O)c1. The number of anilines is 2. The number of imide groups is 1. The van der Waals surface area contributed by atoms with E-state index in [-0.39, 0.29) is 64.0 Å². The lowest BCUT2D eigenvalue weighted by atomic mass is 9.81. The summed E-state index contributed by atoms with van der Waals surface area (Å²) in [6.45, 7) is 6.02. The smallest absolute Gasteiger partial charge is 0.316 e. The number of ether oxygens (including phenoxy) is 1. The van der Waals surface area contributed by atoms with Crippen LogP contribution in [0.3, 0.4) is 0 Å². The first-order chi connectivity index (χ1) is 18.0. The zero-order valence-corrected chi connectivity index (χ0v) is 24.5. The molecule has 2 aliphatic carbocycles. The Morgan fingerprint density at radius 1 is 0.895 bits per heavy atom. The topological polar surface area (TPSA) is 84.0 Å². The van der Waals surface area contributed by atoms with Gasteiger partial charge in [0, 0.05) is 28.3 Å². The Kier molecular flexibility index (Phi) is 6.30. The van der Waals surface area contributed by atoms with Crippen LogP contribution in [0.25, 0.3) is 0 Å². The molecule has 2 aromatic rings. The van der Waals surface area contributed by atoms with E-state index in [2.05, 4.69) is 31.9 Å². The number of amides is 3. The van der Waals surface area contributed by atoms with Crippen LogP contribution in [0.1, 0.15) is 29.5 Å². The molecule has 2 aliphatic heterocycles. The van der Waals surface area contributed by atoms with E-state index < -0.39 is 11.9 Å². The van der Waals surface area contributed by atoms with E-state index in [0.29, 0.717) is 17.0 Å². The molecule has 0 unspecified atom stereocenters. The number of esters is 1. The molecule has 7 nitrogen and oxygen atoms in total. The Balaban J connectivity index is 1.16. The van der Waals surface area contributed by atoms with Gasteiger partial charge in [0.2, 0.25) is 17.7 Å². The monoisotopic (exact) mass is 642 g/mol. The summed E-state index contributed by atoms with van der Waals surface area (Å²) < 4.78 is 5.66. The van der Waals surface area contributed by atoms with E-state index in [4.69, 9.17) is 4.74 Å². The van der Waals surface area contributed by atoms with Gasteiger partial charge in [-0.05, 0) is 86.1 Å². The number of carbonyl (C=O) groups excluding carboxylic acids is 4. The van der Waals surface area contributed by atoms with Crippen molar-refractivity contribution in [2.24, 2.45) is 29.6 Å². The van der Waals surface area contributed by atoms with Crippen molar-refractivity contribution < 1.29 is 23.9 Å². The van der Waals surface area contributed by atoms with Crippen molar-refractivity contribution in [3.05, 3.63) is 53.1 Å². The molecule has 38 heavy (non-hydrogen) atoms. The molecular formula is C29H28Br2N2O5. The van der Waals surface area contributed by atoms with Gasteiger partial charge < -0.3 is 9.64 Å². The van der Waals surface area contributed by atoms with E-state index in [9.17, 15) is 19.2 Å². The fourth-order valence-electron chi connectivity index (χ4n) is 6.95. The fraction of sp³-hybridized carbons (Fsp3) is 0.448. The molecule has 6 rings (SSSR count). The molecule has 2 aromatic carbocycles. The minimum atomic E-state index is -0.575. The Labute approximate surface area is 238 Å². The van der Waals surface area contributed by atoms with Crippen molar-refractivity contribution >= 4 is 66.9 Å². The molecule has 2 saturated heterocycles. The second kappa shape index (κ2) is 9.30. The zero-order valence-electron chi connectivity index (χ0n) is 21.3. The molecule has 2 saturated carbocycles. The maximum atomic E-state index is 13.4. The van der Waals surface area contributed by atoms with E-state index >= 15 is 0 Å². The van der Waals surface area contributed by atoms with Crippen molar-refractivity contribution in [3.63, 3.8) is 0 Å². The lowest BCUT2D eigenvalue weighted by Gasteiger charge is -2.28. The first-order valence-corrected chi connectivity index (χ1v) is 14.7. The van der Waals surface area contributed by atoms with Gasteiger partial charge in [-0.3, -0.25) is 19.2 Å². The second-order valence-electron chi connectivity index (χ2n) is 11.1. The lowest BCUT2D eigenvalue weighted by Crippen LogP contribution is -2.37. The molecular weight excluding hydrogens is 616 g/mol. The summed E-state index contributed by atoms with van der Waals surface area (Å²) in [5, 5.41) is 0. The van der Waals surface area contributed by atoms with Gasteiger partial charge in [0.25, 0.3) is 0 Å². The molecule has 0 N–H and O–H groups in total. The number of rotatable bonds is 4. The van der Waals surface area contributed by atoms with Gasteiger partial charge >= 0.3 is 5.97 Å². The van der Waals surface area contributed by atoms with Gasteiger partial charge in [-0.25, -0.2) is 4.90 Å². The first kappa shape index (κ1) is 25.7. The molecule has 2 heterocycles. The molecule has 2 bridgehead atoms. The third-order valence-electron chi connectivity index (χ3n) is 8.59. The highest BCUT2D eigenvalue weighted by Gasteiger charge is 2.66. The summed E-state index contributed by atoms with van der Waals surface area (Å²) in [4.78, 5) is 55.8. The quantitative estimate of drug-likeness (QED) is 0.206. The molecule has 9 heteroatoms. The van der Waals surface area contributed by atoms with Crippen LogP contribution in [0.15, 0.2) is 36.4 Å². The summed E-state index contributed by atoms with van der Waals surface area (Å²) in [5.41, 5.74) is 4.11. The van der Waals surface area contributed by atoms with Crippen molar-refractivity contribution in [2.75, 3.05) is 16.3 Å². The summed E-state index contributed by atoms with van der Waals surface area (Å²) in [6, 6.07) is 10.9. The highest BCUT2D eigenvalue weighted by molar-refractivity contribution is 9.12. The van der Waals surface area contributed by atoms with Crippen LogP contribution >= 0.6 is 31.9 Å². The molecule has 4 fully saturated rings. The van der Waals surface area contributed by atoms with Crippen LogP contribution in [-0.2, 0) is 19.2 Å². The number of aryl methyl sites for hydroxylation is 3. The standard InChI is InChI=1S/C29H28Br2N2O5/c1-13-6-14(2)8-17(7-13)32-12-16(10-22(32)34)29(37)38-18-4-5-21(15(3)9-18)33-27(35)23-19-11-20(24(23)28(33)36)26(31)25(19)30/h4-9,16,19-20,23-26H,10-12H2,1-3H3/t16-,19-,20-,23-,24+,25-,26+/m1/s1. The predicted octanol–water partition coefficient (Wildman–Crippen LogP) is 4.85. The zero-order chi connectivity index (χ0) is 27.0. The maximum absolute atomic E-state index is 13.4. The van der Waals surface area contributed by atoms with E-state index in [0.717, 1.165) is 23.2 Å². The Morgan fingerprint density at radius 3 is 2.08 bits per heavy atom. The molecule has 198 valence electrons. The molecule has 7 atom stereocenters. The summed E-state index contributed by atoms with van der Waals surface area (Å²) >= 11 is 7.44. The Morgan fingerprint density at radius 2 is 1.50 bits per heavy atom. The van der Waals surface area contributed by atoms with Gasteiger partial charge in [0.05, 0.1) is 23.4 Å². The van der Waals surface area contributed by atoms with Gasteiger partial charge in [-0.1, -0.05) is 37.9 Å². The molecule has 0 radical (unpaired) electrons. The minimum Gasteiger partial charge on any atom is -0.426 e. The number of carbonyl (C=O) groups is 4. The van der Waals surface area contributed by atoms with Gasteiger partial charge in [0.1, 0.15) is 5.75 Å². The number of benzene rings is 2. The first-order valence-electron chi connectivity index (χ1n) is 12.9. The van der Waals surface area contributed by atoms with Gasteiger partial charge in [-0.2, -0.15) is 0 Å². The number of hydrogen-bond acceptors (Lipinski definition) is 5. The van der Waals surface area contributed by atoms with Crippen molar-refractivity contribution in [3.8, 4) is 5.75 Å². The molecule has 0 aromatic heterocycles. The normalized spacial score (nSPS) is 31.9. The van der Waals surface area contributed by atoms with E-state index in [1.807, 2.05) is 32.0 Å². The minimum absolute atomic E-state index is 0.0912. The third kappa shape index (κ3) is 3.96. The highest BCUT2D eigenvalue weighted by atomic mass is 79.9. The van der Waals surface area contributed by atoms with Crippen LogP contribution in [0.4, 0.5) is 11.4 Å². The Hall–Kier alpha value is -2.52. The molecule has 4 aliphatic rings. The van der Waals surface area contributed by atoms with Gasteiger partial charge in [0.15, 0.2) is 0 Å². The van der Waals surface area contributed by atoms with Crippen LogP contribution in [0, 0.1) is 50.4 Å².